The van der Waals surface area contributed by atoms with Gasteiger partial charge in [0.2, 0.25) is 0 Å². The summed E-state index contributed by atoms with van der Waals surface area (Å²) in [7, 11) is 2.28. The Labute approximate surface area is 131 Å². The second-order valence-corrected chi connectivity index (χ2v) is 6.73. The molecule has 0 amide bonds. The van der Waals surface area contributed by atoms with Crippen LogP contribution in [0, 0.1) is 6.92 Å². The Morgan fingerprint density at radius 1 is 1.35 bits per heavy atom. The van der Waals surface area contributed by atoms with E-state index >= 15 is 0 Å². The first kappa shape index (κ1) is 15.8. The molecule has 1 aliphatic carbocycles. The van der Waals surface area contributed by atoms with Crippen molar-refractivity contribution in [3.05, 3.63) is 22.3 Å². The summed E-state index contributed by atoms with van der Waals surface area (Å²) in [5, 5.41) is 3.41. The highest BCUT2D eigenvalue weighted by atomic mass is 79.9. The van der Waals surface area contributed by atoms with Gasteiger partial charge in [0.25, 0.3) is 0 Å². The van der Waals surface area contributed by atoms with E-state index in [-0.39, 0.29) is 0 Å². The van der Waals surface area contributed by atoms with Crippen LogP contribution in [0.25, 0.3) is 0 Å². The molecule has 1 N–H and O–H groups in total. The summed E-state index contributed by atoms with van der Waals surface area (Å²) in [6.45, 7) is 4.26. The lowest BCUT2D eigenvalue weighted by atomic mass is 9.94. The lowest BCUT2D eigenvalue weighted by molar-refractivity contribution is 0.191. The highest BCUT2D eigenvalue weighted by Gasteiger charge is 2.17. The topological polar surface area (TPSA) is 28.2 Å². The molecule has 1 heterocycles. The van der Waals surface area contributed by atoms with Crippen molar-refractivity contribution in [2.75, 3.05) is 25.5 Å². The molecule has 0 spiro atoms. The van der Waals surface area contributed by atoms with Crippen molar-refractivity contribution in [2.24, 2.45) is 0 Å². The Morgan fingerprint density at radius 3 is 2.80 bits per heavy atom. The lowest BCUT2D eigenvalue weighted by Gasteiger charge is -2.31. The first-order valence-electron chi connectivity index (χ1n) is 7.73. The second kappa shape index (κ2) is 7.99. The number of hydrogen-bond acceptors (Lipinski definition) is 3. The van der Waals surface area contributed by atoms with Crippen LogP contribution in [0.2, 0.25) is 0 Å². The van der Waals surface area contributed by atoms with Gasteiger partial charge in [-0.15, -0.1) is 0 Å². The fourth-order valence-electron chi connectivity index (χ4n) is 2.89. The van der Waals surface area contributed by atoms with Gasteiger partial charge in [0.1, 0.15) is 5.82 Å². The Balaban J connectivity index is 1.66. The molecule has 20 heavy (non-hydrogen) atoms. The minimum absolute atomic E-state index is 0.816. The molecule has 0 radical (unpaired) electrons. The number of pyridine rings is 1. The quantitative estimate of drug-likeness (QED) is 0.786. The number of aryl methyl sites for hydroxylation is 1. The summed E-state index contributed by atoms with van der Waals surface area (Å²) in [6.07, 6.45) is 10.1. The van der Waals surface area contributed by atoms with E-state index in [9.17, 15) is 0 Å². The van der Waals surface area contributed by atoms with Crippen LogP contribution in [0.1, 0.15) is 44.1 Å². The number of rotatable bonds is 6. The molecular weight excluding hydrogens is 314 g/mol. The van der Waals surface area contributed by atoms with Gasteiger partial charge in [-0.05, 0) is 67.3 Å². The lowest BCUT2D eigenvalue weighted by Crippen LogP contribution is -2.34. The minimum Gasteiger partial charge on any atom is -0.370 e. The van der Waals surface area contributed by atoms with Crippen LogP contribution in [-0.4, -0.2) is 36.1 Å². The second-order valence-electron chi connectivity index (χ2n) is 5.87. The van der Waals surface area contributed by atoms with E-state index < -0.39 is 0 Å². The van der Waals surface area contributed by atoms with Gasteiger partial charge in [-0.25, -0.2) is 4.98 Å². The van der Waals surface area contributed by atoms with Crippen LogP contribution in [0.5, 0.6) is 0 Å². The van der Waals surface area contributed by atoms with Gasteiger partial charge in [-0.2, -0.15) is 0 Å². The van der Waals surface area contributed by atoms with E-state index in [1.54, 1.807) is 0 Å². The third-order valence-corrected chi connectivity index (χ3v) is 5.07. The Bertz CT molecular complexity index is 416. The van der Waals surface area contributed by atoms with Crippen molar-refractivity contribution in [1.82, 2.24) is 9.88 Å². The molecule has 1 saturated carbocycles. The van der Waals surface area contributed by atoms with Crippen molar-refractivity contribution in [3.63, 3.8) is 0 Å². The number of hydrogen-bond donors (Lipinski definition) is 1. The van der Waals surface area contributed by atoms with Gasteiger partial charge in [-0.3, -0.25) is 0 Å². The SMILES string of the molecule is Cc1cc(NCCCN(C)C2CCCCC2)ncc1Br. The molecule has 0 bridgehead atoms. The van der Waals surface area contributed by atoms with Crippen molar-refractivity contribution < 1.29 is 0 Å². The number of nitrogens with one attached hydrogen (secondary N) is 1. The van der Waals surface area contributed by atoms with Gasteiger partial charge in [0, 0.05) is 23.3 Å². The van der Waals surface area contributed by atoms with Crippen LogP contribution in [0.4, 0.5) is 5.82 Å². The highest BCUT2D eigenvalue weighted by Crippen LogP contribution is 2.21. The number of aromatic nitrogens is 1. The smallest absolute Gasteiger partial charge is 0.126 e. The van der Waals surface area contributed by atoms with Gasteiger partial charge >= 0.3 is 0 Å². The fourth-order valence-corrected chi connectivity index (χ4v) is 3.10. The normalized spacial score (nSPS) is 16.6. The maximum Gasteiger partial charge on any atom is 0.126 e. The fraction of sp³-hybridized carbons (Fsp3) is 0.688. The average Bonchev–Trinajstić information content (AvgIpc) is 2.48. The zero-order valence-electron chi connectivity index (χ0n) is 12.7. The van der Waals surface area contributed by atoms with Crippen LogP contribution in [-0.2, 0) is 0 Å². The van der Waals surface area contributed by atoms with Crippen molar-refractivity contribution >= 4 is 21.7 Å². The molecular formula is C16H26BrN3. The zero-order chi connectivity index (χ0) is 14.4. The summed E-state index contributed by atoms with van der Waals surface area (Å²) in [6, 6.07) is 2.91. The summed E-state index contributed by atoms with van der Waals surface area (Å²) in [4.78, 5) is 6.92. The monoisotopic (exact) mass is 339 g/mol. The van der Waals surface area contributed by atoms with Crippen molar-refractivity contribution in [2.45, 2.75) is 51.5 Å². The Morgan fingerprint density at radius 2 is 2.10 bits per heavy atom. The van der Waals surface area contributed by atoms with Gasteiger partial charge in [-0.1, -0.05) is 19.3 Å². The molecule has 1 aromatic heterocycles. The van der Waals surface area contributed by atoms with Gasteiger partial charge in [0.05, 0.1) is 0 Å². The molecule has 1 fully saturated rings. The highest BCUT2D eigenvalue weighted by molar-refractivity contribution is 9.10. The van der Waals surface area contributed by atoms with E-state index in [2.05, 4.69) is 51.2 Å². The maximum atomic E-state index is 4.37. The first-order valence-corrected chi connectivity index (χ1v) is 8.52. The predicted octanol–water partition coefficient (Wildman–Crippen LogP) is 4.22. The molecule has 4 heteroatoms. The Hall–Kier alpha value is -0.610. The summed E-state index contributed by atoms with van der Waals surface area (Å²) >= 11 is 3.48. The number of anilines is 1. The third-order valence-electron chi connectivity index (χ3n) is 4.24. The van der Waals surface area contributed by atoms with Crippen LogP contribution in [0.3, 0.4) is 0 Å². The molecule has 2 rings (SSSR count). The van der Waals surface area contributed by atoms with Crippen LogP contribution < -0.4 is 5.32 Å². The minimum atomic E-state index is 0.816. The van der Waals surface area contributed by atoms with E-state index in [0.717, 1.165) is 22.9 Å². The molecule has 112 valence electrons. The molecule has 3 nitrogen and oxygen atoms in total. The van der Waals surface area contributed by atoms with Gasteiger partial charge < -0.3 is 10.2 Å². The number of nitrogens with zero attached hydrogens (tertiary/aromatic N) is 2. The van der Waals surface area contributed by atoms with Gasteiger partial charge in [0.15, 0.2) is 0 Å². The van der Waals surface area contributed by atoms with Crippen LogP contribution >= 0.6 is 15.9 Å². The predicted molar refractivity (Wildman–Crippen MR) is 89.3 cm³/mol. The molecule has 0 aliphatic heterocycles. The molecule has 0 aromatic carbocycles. The van der Waals surface area contributed by atoms with E-state index in [1.165, 1.54) is 50.6 Å². The maximum absolute atomic E-state index is 4.37. The molecule has 1 aliphatic rings. The third kappa shape index (κ3) is 4.74. The molecule has 0 unspecified atom stereocenters. The largest absolute Gasteiger partial charge is 0.370 e. The van der Waals surface area contributed by atoms with Crippen LogP contribution in [0.15, 0.2) is 16.7 Å². The van der Waals surface area contributed by atoms with E-state index in [4.69, 9.17) is 0 Å². The van der Waals surface area contributed by atoms with E-state index in [0.29, 0.717) is 0 Å². The number of halogens is 1. The molecule has 0 atom stereocenters. The molecule has 1 aromatic rings. The standard InChI is InChI=1S/C16H26BrN3/c1-13-11-16(19-12-15(13)17)18-9-6-10-20(2)14-7-4-3-5-8-14/h11-12,14H,3-10H2,1-2H3,(H,18,19). The summed E-state index contributed by atoms with van der Waals surface area (Å²) in [5.41, 5.74) is 1.22. The van der Waals surface area contributed by atoms with Crippen molar-refractivity contribution in [3.8, 4) is 0 Å². The van der Waals surface area contributed by atoms with Crippen molar-refractivity contribution in [1.29, 1.82) is 0 Å². The molecule has 0 saturated heterocycles. The average molecular weight is 340 g/mol. The zero-order valence-corrected chi connectivity index (χ0v) is 14.2. The summed E-state index contributed by atoms with van der Waals surface area (Å²) < 4.78 is 1.07. The van der Waals surface area contributed by atoms with E-state index in [1.807, 2.05) is 6.20 Å². The first-order chi connectivity index (χ1) is 9.66. The Kier molecular flexibility index (Phi) is 6.30. The summed E-state index contributed by atoms with van der Waals surface area (Å²) in [5.74, 6) is 0.978.